The molecule has 0 aliphatic carbocycles. The Labute approximate surface area is 127 Å². The highest BCUT2D eigenvalue weighted by atomic mass is 32.2. The van der Waals surface area contributed by atoms with Gasteiger partial charge in [0.05, 0.1) is 0 Å². The van der Waals surface area contributed by atoms with E-state index in [9.17, 15) is 21.6 Å². The molecule has 0 aromatic carbocycles. The molecule has 0 aliphatic heterocycles. The van der Waals surface area contributed by atoms with Gasteiger partial charge in [-0.1, -0.05) is 41.5 Å². The van der Waals surface area contributed by atoms with Gasteiger partial charge in [-0.25, -0.2) is 4.98 Å². The zero-order chi connectivity index (χ0) is 17.6. The molecule has 0 saturated heterocycles. The molecule has 0 aliphatic rings. The van der Waals surface area contributed by atoms with Crippen LogP contribution in [0, 0.1) is 0 Å². The average molecular weight is 341 g/mol. The first-order valence-electron chi connectivity index (χ1n) is 6.32. The second kappa shape index (κ2) is 5.32. The Kier molecular flexibility index (Phi) is 4.50. The fourth-order valence-electron chi connectivity index (χ4n) is 1.21. The maximum Gasteiger partial charge on any atom is 0.534 e. The van der Waals surface area contributed by atoms with E-state index in [1.54, 1.807) is 41.5 Å². The van der Waals surface area contributed by atoms with Crippen LogP contribution in [0.2, 0.25) is 0 Å². The molecule has 6 nitrogen and oxygen atoms in total. The van der Waals surface area contributed by atoms with Crippen molar-refractivity contribution in [2.24, 2.45) is 0 Å². The maximum absolute atomic E-state index is 12.4. The zero-order valence-corrected chi connectivity index (χ0v) is 13.9. The summed E-state index contributed by atoms with van der Waals surface area (Å²) in [5.74, 6) is 0.277. The maximum atomic E-state index is 12.4. The van der Waals surface area contributed by atoms with E-state index in [-0.39, 0.29) is 11.6 Å². The van der Waals surface area contributed by atoms with Crippen molar-refractivity contribution in [2.75, 3.05) is 0 Å². The highest BCUT2D eigenvalue weighted by Crippen LogP contribution is 2.28. The van der Waals surface area contributed by atoms with E-state index in [1.807, 2.05) is 0 Å². The monoisotopic (exact) mass is 341 g/mol. The van der Waals surface area contributed by atoms with Crippen molar-refractivity contribution in [2.45, 2.75) is 57.9 Å². The van der Waals surface area contributed by atoms with Crippen LogP contribution in [-0.4, -0.2) is 28.9 Å². The Morgan fingerprint density at radius 3 is 1.45 bits per heavy atom. The number of halogens is 3. The second-order valence-corrected chi connectivity index (χ2v) is 8.29. The van der Waals surface area contributed by atoms with Crippen LogP contribution in [0.1, 0.15) is 53.2 Å². The third kappa shape index (κ3) is 4.28. The Morgan fingerprint density at radius 2 is 1.18 bits per heavy atom. The van der Waals surface area contributed by atoms with Crippen LogP contribution in [0.4, 0.5) is 13.2 Å². The fraction of sp³-hybridized carbons (Fsp3) is 0.750. The number of hydrogen-bond acceptors (Lipinski definition) is 6. The average Bonchev–Trinajstić information content (AvgIpc) is 2.23. The molecule has 0 spiro atoms. The Hall–Kier alpha value is -1.45. The fourth-order valence-corrected chi connectivity index (χ4v) is 1.58. The first-order valence-corrected chi connectivity index (χ1v) is 7.73. The van der Waals surface area contributed by atoms with E-state index in [0.717, 1.165) is 0 Å². The number of hydrogen-bond donors (Lipinski definition) is 0. The summed E-state index contributed by atoms with van der Waals surface area (Å²) in [6, 6.07) is -0.887. The summed E-state index contributed by atoms with van der Waals surface area (Å²) in [5, 5.41) is 0. The molecule has 0 N–H and O–H groups in total. The topological polar surface area (TPSA) is 82.0 Å². The molecule has 0 bridgehead atoms. The number of alkyl halides is 3. The van der Waals surface area contributed by atoms with E-state index in [0.29, 0.717) is 0 Å². The van der Waals surface area contributed by atoms with Gasteiger partial charge in [-0.15, -0.1) is 0 Å². The minimum absolute atomic E-state index is 0.139. The van der Waals surface area contributed by atoms with Gasteiger partial charge in [-0.05, 0) is 0 Å². The molecule has 1 aromatic heterocycles. The molecular formula is C12H18F3N3O3S. The van der Waals surface area contributed by atoms with Crippen LogP contribution in [0.3, 0.4) is 0 Å². The van der Waals surface area contributed by atoms with Crippen LogP contribution in [0.25, 0.3) is 0 Å². The predicted molar refractivity (Wildman–Crippen MR) is 72.8 cm³/mol. The van der Waals surface area contributed by atoms with Crippen LogP contribution in [0.15, 0.2) is 0 Å². The summed E-state index contributed by atoms with van der Waals surface area (Å²) in [7, 11) is -5.83. The van der Waals surface area contributed by atoms with Crippen molar-refractivity contribution in [3.63, 3.8) is 0 Å². The molecule has 1 heterocycles. The van der Waals surface area contributed by atoms with Gasteiger partial charge in [0, 0.05) is 10.8 Å². The van der Waals surface area contributed by atoms with Crippen LogP contribution in [-0.2, 0) is 20.9 Å². The van der Waals surface area contributed by atoms with Gasteiger partial charge in [0.2, 0.25) is 0 Å². The second-order valence-electron chi connectivity index (χ2n) is 6.75. The SMILES string of the molecule is CC(C)(C)c1nc(OS(=O)(=O)C(F)(F)F)nc(C(C)(C)C)n1. The van der Waals surface area contributed by atoms with Gasteiger partial charge >= 0.3 is 21.6 Å². The largest absolute Gasteiger partial charge is 0.534 e. The van der Waals surface area contributed by atoms with E-state index >= 15 is 0 Å². The molecule has 0 atom stereocenters. The zero-order valence-electron chi connectivity index (χ0n) is 13.1. The van der Waals surface area contributed by atoms with Gasteiger partial charge < -0.3 is 4.18 Å². The van der Waals surface area contributed by atoms with E-state index in [4.69, 9.17) is 0 Å². The third-order valence-corrected chi connectivity index (χ3v) is 3.36. The minimum Gasteiger partial charge on any atom is -0.336 e. The lowest BCUT2D eigenvalue weighted by atomic mass is 9.93. The summed E-state index contributed by atoms with van der Waals surface area (Å²) in [4.78, 5) is 11.6. The lowest BCUT2D eigenvalue weighted by Crippen LogP contribution is -2.30. The lowest BCUT2D eigenvalue weighted by molar-refractivity contribution is -0.0503. The molecule has 1 rings (SSSR count). The molecule has 1 aromatic rings. The number of aromatic nitrogens is 3. The van der Waals surface area contributed by atoms with E-state index < -0.39 is 32.5 Å². The van der Waals surface area contributed by atoms with Crippen molar-refractivity contribution in [1.29, 1.82) is 0 Å². The number of rotatable bonds is 2. The Balaban J connectivity index is 3.44. The molecule has 0 fully saturated rings. The highest BCUT2D eigenvalue weighted by molar-refractivity contribution is 7.87. The van der Waals surface area contributed by atoms with Crippen LogP contribution >= 0.6 is 0 Å². The minimum atomic E-state index is -5.83. The van der Waals surface area contributed by atoms with Gasteiger partial charge in [0.15, 0.2) is 0 Å². The summed E-state index contributed by atoms with van der Waals surface area (Å²) in [6.07, 6.45) is 0. The number of nitrogens with zero attached hydrogens (tertiary/aromatic N) is 3. The smallest absolute Gasteiger partial charge is 0.336 e. The first-order chi connectivity index (χ1) is 9.54. The van der Waals surface area contributed by atoms with Crippen molar-refractivity contribution in [3.8, 4) is 6.01 Å². The first kappa shape index (κ1) is 18.6. The molecule has 0 saturated carbocycles. The van der Waals surface area contributed by atoms with Gasteiger partial charge in [-0.2, -0.15) is 31.6 Å². The van der Waals surface area contributed by atoms with Gasteiger partial charge in [0.1, 0.15) is 11.6 Å². The van der Waals surface area contributed by atoms with Gasteiger partial charge in [-0.3, -0.25) is 0 Å². The molecule has 0 unspecified atom stereocenters. The van der Waals surface area contributed by atoms with Crippen molar-refractivity contribution in [3.05, 3.63) is 11.6 Å². The van der Waals surface area contributed by atoms with E-state index in [2.05, 4.69) is 19.1 Å². The predicted octanol–water partition coefficient (Wildman–Crippen LogP) is 2.70. The molecule has 10 heteroatoms. The summed E-state index contributed by atoms with van der Waals surface area (Å²) < 4.78 is 63.4. The molecule has 126 valence electrons. The molecular weight excluding hydrogens is 323 g/mol. The summed E-state index contributed by atoms with van der Waals surface area (Å²) in [5.41, 5.74) is -6.80. The standard InChI is InChI=1S/C12H18F3N3O3S/c1-10(2,3)7-16-8(11(4,5)6)18-9(17-7)21-22(19,20)12(13,14)15/h1-6H3. The van der Waals surface area contributed by atoms with Crippen LogP contribution in [0.5, 0.6) is 6.01 Å². The normalized spacial score (nSPS) is 14.0. The van der Waals surface area contributed by atoms with Gasteiger partial charge in [0.25, 0.3) is 0 Å². The summed E-state index contributed by atoms with van der Waals surface area (Å²) >= 11 is 0. The Morgan fingerprint density at radius 1 is 0.818 bits per heavy atom. The van der Waals surface area contributed by atoms with Crippen LogP contribution < -0.4 is 4.18 Å². The van der Waals surface area contributed by atoms with Crippen molar-refractivity contribution < 1.29 is 25.8 Å². The Bertz CT molecular complexity index is 627. The third-order valence-electron chi connectivity index (χ3n) is 2.42. The molecule has 0 amide bonds. The molecule has 0 radical (unpaired) electrons. The highest BCUT2D eigenvalue weighted by Gasteiger charge is 2.49. The quantitative estimate of drug-likeness (QED) is 0.608. The summed E-state index contributed by atoms with van der Waals surface area (Å²) in [6.45, 7) is 10.4. The van der Waals surface area contributed by atoms with Crippen molar-refractivity contribution >= 4 is 10.1 Å². The lowest BCUT2D eigenvalue weighted by Gasteiger charge is -2.22. The molecule has 22 heavy (non-hydrogen) atoms. The van der Waals surface area contributed by atoms with E-state index in [1.165, 1.54) is 0 Å². The van der Waals surface area contributed by atoms with Crippen molar-refractivity contribution in [1.82, 2.24) is 15.0 Å².